The Morgan fingerprint density at radius 1 is 1.21 bits per heavy atom. The quantitative estimate of drug-likeness (QED) is 0.358. The minimum Gasteiger partial charge on any atom is -0.490 e. The Labute approximate surface area is 114 Å². The van der Waals surface area contributed by atoms with Gasteiger partial charge in [0.2, 0.25) is 0 Å². The molecule has 0 spiro atoms. The molecule has 106 valence electrons. The van der Waals surface area contributed by atoms with Gasteiger partial charge in [0.05, 0.1) is 13.2 Å². The second-order valence-electron chi connectivity index (χ2n) is 4.24. The molecule has 0 aliphatic carbocycles. The number of hydrogen-bond acceptors (Lipinski definition) is 4. The number of nitrogens with zero attached hydrogens (tertiary/aromatic N) is 1. The van der Waals surface area contributed by atoms with E-state index in [1.807, 2.05) is 45.9 Å². The van der Waals surface area contributed by atoms with Crippen LogP contribution in [0.2, 0.25) is 0 Å². The molecular formula is C14H23N3O2. The van der Waals surface area contributed by atoms with Crippen molar-refractivity contribution in [1.29, 1.82) is 0 Å². The summed E-state index contributed by atoms with van der Waals surface area (Å²) in [4.78, 5) is 4.43. The summed E-state index contributed by atoms with van der Waals surface area (Å²) in [5.41, 5.74) is 3.50. The van der Waals surface area contributed by atoms with E-state index in [4.69, 9.17) is 15.3 Å². The van der Waals surface area contributed by atoms with E-state index in [2.05, 4.69) is 10.4 Å². The summed E-state index contributed by atoms with van der Waals surface area (Å²) >= 11 is 0. The Hall–Kier alpha value is -1.75. The van der Waals surface area contributed by atoms with Gasteiger partial charge < -0.3 is 14.9 Å². The predicted octanol–water partition coefficient (Wildman–Crippen LogP) is 2.10. The zero-order valence-electron chi connectivity index (χ0n) is 12.1. The SMILES string of the molecule is CCOc1ccc(C(=NC(C)C)NN)cc1OCC. The summed E-state index contributed by atoms with van der Waals surface area (Å²) in [6, 6.07) is 5.83. The van der Waals surface area contributed by atoms with Crippen molar-refractivity contribution in [1.82, 2.24) is 5.43 Å². The summed E-state index contributed by atoms with van der Waals surface area (Å²) in [5, 5.41) is 0. The lowest BCUT2D eigenvalue weighted by molar-refractivity contribution is 0.287. The summed E-state index contributed by atoms with van der Waals surface area (Å²) in [6.07, 6.45) is 0. The number of nitrogens with one attached hydrogen (secondary N) is 1. The molecule has 5 nitrogen and oxygen atoms in total. The van der Waals surface area contributed by atoms with E-state index < -0.39 is 0 Å². The maximum atomic E-state index is 5.58. The van der Waals surface area contributed by atoms with Gasteiger partial charge in [-0.05, 0) is 45.9 Å². The number of ether oxygens (including phenoxy) is 2. The number of benzene rings is 1. The summed E-state index contributed by atoms with van der Waals surface area (Å²) in [7, 11) is 0. The van der Waals surface area contributed by atoms with Crippen molar-refractivity contribution in [2.24, 2.45) is 10.8 Å². The molecule has 0 fully saturated rings. The van der Waals surface area contributed by atoms with Gasteiger partial charge in [-0.15, -0.1) is 0 Å². The number of rotatable bonds is 6. The molecule has 0 saturated carbocycles. The van der Waals surface area contributed by atoms with E-state index >= 15 is 0 Å². The van der Waals surface area contributed by atoms with Crippen molar-refractivity contribution in [2.45, 2.75) is 33.7 Å². The molecule has 0 atom stereocenters. The van der Waals surface area contributed by atoms with Crippen LogP contribution >= 0.6 is 0 Å². The highest BCUT2D eigenvalue weighted by Crippen LogP contribution is 2.28. The summed E-state index contributed by atoms with van der Waals surface area (Å²) in [6.45, 7) is 9.05. The summed E-state index contributed by atoms with van der Waals surface area (Å²) in [5.74, 6) is 7.59. The second-order valence-corrected chi connectivity index (χ2v) is 4.24. The summed E-state index contributed by atoms with van der Waals surface area (Å²) < 4.78 is 11.1. The van der Waals surface area contributed by atoms with Crippen LogP contribution in [0.1, 0.15) is 33.3 Å². The number of amidine groups is 1. The highest BCUT2D eigenvalue weighted by Gasteiger charge is 2.09. The number of hydrogen-bond donors (Lipinski definition) is 2. The van der Waals surface area contributed by atoms with Gasteiger partial charge in [-0.25, -0.2) is 5.84 Å². The van der Waals surface area contributed by atoms with Gasteiger partial charge in [0.1, 0.15) is 5.84 Å². The lowest BCUT2D eigenvalue weighted by Gasteiger charge is -2.14. The van der Waals surface area contributed by atoms with E-state index in [-0.39, 0.29) is 6.04 Å². The van der Waals surface area contributed by atoms with Gasteiger partial charge >= 0.3 is 0 Å². The van der Waals surface area contributed by atoms with Crippen molar-refractivity contribution in [3.63, 3.8) is 0 Å². The fraction of sp³-hybridized carbons (Fsp3) is 0.500. The second kappa shape index (κ2) is 7.63. The molecule has 0 amide bonds. The maximum Gasteiger partial charge on any atom is 0.161 e. The van der Waals surface area contributed by atoms with Gasteiger partial charge in [-0.3, -0.25) is 4.99 Å². The first-order valence-electron chi connectivity index (χ1n) is 6.56. The Morgan fingerprint density at radius 2 is 1.84 bits per heavy atom. The molecule has 0 aromatic heterocycles. The lowest BCUT2D eigenvalue weighted by Crippen LogP contribution is -2.32. The molecule has 0 unspecified atom stereocenters. The van der Waals surface area contributed by atoms with Gasteiger partial charge in [0.25, 0.3) is 0 Å². The van der Waals surface area contributed by atoms with Crippen molar-refractivity contribution >= 4 is 5.84 Å². The average Bonchev–Trinajstić information content (AvgIpc) is 2.38. The van der Waals surface area contributed by atoms with E-state index in [0.29, 0.717) is 24.8 Å². The van der Waals surface area contributed by atoms with E-state index in [0.717, 1.165) is 11.3 Å². The monoisotopic (exact) mass is 265 g/mol. The standard InChI is InChI=1S/C14H23N3O2/c1-5-18-12-8-7-11(9-13(12)19-6-2)14(17-15)16-10(3)4/h7-10H,5-6,15H2,1-4H3,(H,16,17). The minimum absolute atomic E-state index is 0.160. The van der Waals surface area contributed by atoms with E-state index in [1.165, 1.54) is 0 Å². The van der Waals surface area contributed by atoms with Crippen LogP contribution in [0.15, 0.2) is 23.2 Å². The number of aliphatic imine (C=N–C) groups is 1. The minimum atomic E-state index is 0.160. The Balaban J connectivity index is 3.12. The highest BCUT2D eigenvalue weighted by molar-refractivity contribution is 5.99. The Bertz CT molecular complexity index is 431. The molecule has 0 aliphatic rings. The van der Waals surface area contributed by atoms with Gasteiger partial charge in [-0.1, -0.05) is 0 Å². The Morgan fingerprint density at radius 3 is 2.37 bits per heavy atom. The smallest absolute Gasteiger partial charge is 0.161 e. The molecule has 3 N–H and O–H groups in total. The maximum absolute atomic E-state index is 5.58. The molecule has 1 aromatic carbocycles. The van der Waals surface area contributed by atoms with E-state index in [1.54, 1.807) is 0 Å². The van der Waals surface area contributed by atoms with Crippen LogP contribution in [0.25, 0.3) is 0 Å². The predicted molar refractivity (Wildman–Crippen MR) is 77.8 cm³/mol. The van der Waals surface area contributed by atoms with Crippen molar-refractivity contribution in [2.75, 3.05) is 13.2 Å². The first kappa shape index (κ1) is 15.3. The van der Waals surface area contributed by atoms with Crippen LogP contribution in [0, 0.1) is 0 Å². The van der Waals surface area contributed by atoms with Crippen molar-refractivity contribution in [3.8, 4) is 11.5 Å². The molecule has 0 radical (unpaired) electrons. The molecule has 0 bridgehead atoms. The molecule has 0 heterocycles. The molecule has 1 aromatic rings. The molecule has 0 aliphatic heterocycles. The number of nitrogens with two attached hydrogens (primary N) is 1. The normalized spacial score (nSPS) is 11.6. The van der Waals surface area contributed by atoms with Crippen molar-refractivity contribution in [3.05, 3.63) is 23.8 Å². The van der Waals surface area contributed by atoms with Crippen LogP contribution in [-0.4, -0.2) is 25.1 Å². The third-order valence-electron chi connectivity index (χ3n) is 2.34. The molecule has 1 rings (SSSR count). The van der Waals surface area contributed by atoms with Crippen LogP contribution < -0.4 is 20.7 Å². The largest absolute Gasteiger partial charge is 0.490 e. The molecule has 19 heavy (non-hydrogen) atoms. The fourth-order valence-electron chi connectivity index (χ4n) is 1.65. The van der Waals surface area contributed by atoms with Crippen molar-refractivity contribution < 1.29 is 9.47 Å². The van der Waals surface area contributed by atoms with Gasteiger partial charge in [-0.2, -0.15) is 0 Å². The average molecular weight is 265 g/mol. The highest BCUT2D eigenvalue weighted by atomic mass is 16.5. The Kier molecular flexibility index (Phi) is 6.15. The number of hydrazine groups is 1. The zero-order valence-corrected chi connectivity index (χ0v) is 12.1. The molecular weight excluding hydrogens is 242 g/mol. The molecule has 5 heteroatoms. The molecule has 0 saturated heterocycles. The third-order valence-corrected chi connectivity index (χ3v) is 2.34. The van der Waals surface area contributed by atoms with Crippen LogP contribution in [0.5, 0.6) is 11.5 Å². The van der Waals surface area contributed by atoms with Crippen LogP contribution in [0.4, 0.5) is 0 Å². The fourth-order valence-corrected chi connectivity index (χ4v) is 1.65. The lowest BCUT2D eigenvalue weighted by atomic mass is 10.1. The van der Waals surface area contributed by atoms with Crippen LogP contribution in [0.3, 0.4) is 0 Å². The zero-order chi connectivity index (χ0) is 14.3. The van der Waals surface area contributed by atoms with E-state index in [9.17, 15) is 0 Å². The third kappa shape index (κ3) is 4.44. The van der Waals surface area contributed by atoms with Gasteiger partial charge in [0.15, 0.2) is 11.5 Å². The topological polar surface area (TPSA) is 68.9 Å². The first-order chi connectivity index (χ1) is 9.12. The first-order valence-corrected chi connectivity index (χ1v) is 6.56. The van der Waals surface area contributed by atoms with Gasteiger partial charge in [0, 0.05) is 11.6 Å². The van der Waals surface area contributed by atoms with Crippen LogP contribution in [-0.2, 0) is 0 Å².